The fraction of sp³-hybridized carbons (Fsp3) is 0.143. The molecule has 0 saturated heterocycles. The summed E-state index contributed by atoms with van der Waals surface area (Å²) >= 11 is 5.20. The van der Waals surface area contributed by atoms with Crippen molar-refractivity contribution in [1.82, 2.24) is 25.1 Å². The molecule has 3 aromatic heterocycles. The largest absolute Gasteiger partial charge is 0.465 e. The molecular formula is C14H14N6OS. The number of nitrogens with one attached hydrogen (secondary N) is 2. The lowest BCUT2D eigenvalue weighted by molar-refractivity contribution is 0.557. The quantitative estimate of drug-likeness (QED) is 0.572. The maximum atomic E-state index is 5.26. The van der Waals surface area contributed by atoms with Gasteiger partial charge in [-0.15, -0.1) is 0 Å². The van der Waals surface area contributed by atoms with Gasteiger partial charge in [0.1, 0.15) is 11.5 Å². The van der Waals surface area contributed by atoms with Gasteiger partial charge in [-0.2, -0.15) is 20.0 Å². The smallest absolute Gasteiger partial charge is 0.216 e. The normalized spacial score (nSPS) is 12.4. The lowest BCUT2D eigenvalue weighted by Gasteiger charge is -1.97. The third-order valence-corrected chi connectivity index (χ3v) is 3.14. The van der Waals surface area contributed by atoms with E-state index in [1.165, 1.54) is 4.68 Å². The van der Waals surface area contributed by atoms with Gasteiger partial charge in [0.2, 0.25) is 10.6 Å². The summed E-state index contributed by atoms with van der Waals surface area (Å²) < 4.78 is 7.20. The van der Waals surface area contributed by atoms with Crippen LogP contribution >= 0.6 is 12.2 Å². The van der Waals surface area contributed by atoms with E-state index in [2.05, 4.69) is 25.5 Å². The molecule has 3 rings (SSSR count). The average Bonchev–Trinajstić information content (AvgIpc) is 3.19. The number of furan rings is 1. The van der Waals surface area contributed by atoms with Gasteiger partial charge in [0.25, 0.3) is 0 Å². The van der Waals surface area contributed by atoms with E-state index in [9.17, 15) is 0 Å². The lowest BCUT2D eigenvalue weighted by Crippen LogP contribution is -1.95. The van der Waals surface area contributed by atoms with E-state index in [-0.39, 0.29) is 0 Å². The van der Waals surface area contributed by atoms with Crippen LogP contribution in [0.25, 0.3) is 17.6 Å². The Morgan fingerprint density at radius 2 is 2.27 bits per heavy atom. The molecule has 112 valence electrons. The Morgan fingerprint density at radius 1 is 1.41 bits per heavy atom. The standard InChI is InChI=1S/C14H14N6OS/c1-9(6-11-4-3-5-21-11)8-15-20-13(18-19-14(20)22)12-7-10(2)16-17-12/h3-8H,1-2H3,(H,16,17)(H,19,22)/b9-6+,15-8-. The van der Waals surface area contributed by atoms with Gasteiger partial charge in [0, 0.05) is 5.69 Å². The minimum atomic E-state index is 0.401. The summed E-state index contributed by atoms with van der Waals surface area (Å²) in [6.07, 6.45) is 5.20. The van der Waals surface area contributed by atoms with Crippen LogP contribution in [0.4, 0.5) is 0 Å². The molecule has 8 heteroatoms. The molecule has 0 bridgehead atoms. The number of hydrogen-bond donors (Lipinski definition) is 2. The number of H-pyrrole nitrogens is 2. The van der Waals surface area contributed by atoms with Crippen molar-refractivity contribution >= 4 is 24.5 Å². The van der Waals surface area contributed by atoms with Crippen molar-refractivity contribution in [3.63, 3.8) is 0 Å². The first-order chi connectivity index (χ1) is 10.6. The van der Waals surface area contributed by atoms with Crippen molar-refractivity contribution < 1.29 is 4.42 Å². The van der Waals surface area contributed by atoms with E-state index >= 15 is 0 Å². The van der Waals surface area contributed by atoms with E-state index in [4.69, 9.17) is 16.6 Å². The first-order valence-corrected chi connectivity index (χ1v) is 7.00. The Balaban J connectivity index is 1.91. The monoisotopic (exact) mass is 314 g/mol. The van der Waals surface area contributed by atoms with Gasteiger partial charge >= 0.3 is 0 Å². The second-order valence-corrected chi connectivity index (χ2v) is 5.14. The van der Waals surface area contributed by atoms with Crippen molar-refractivity contribution in [2.24, 2.45) is 5.10 Å². The Kier molecular flexibility index (Phi) is 3.84. The van der Waals surface area contributed by atoms with Crippen LogP contribution in [0.1, 0.15) is 18.4 Å². The van der Waals surface area contributed by atoms with Gasteiger partial charge in [0.15, 0.2) is 0 Å². The molecule has 0 aromatic carbocycles. The highest BCUT2D eigenvalue weighted by Gasteiger charge is 2.10. The van der Waals surface area contributed by atoms with Gasteiger partial charge < -0.3 is 4.42 Å². The zero-order valence-corrected chi connectivity index (χ0v) is 12.9. The molecule has 0 fully saturated rings. The van der Waals surface area contributed by atoms with Crippen LogP contribution in [0.5, 0.6) is 0 Å². The molecule has 3 aromatic rings. The first kappa shape index (κ1) is 14.2. The van der Waals surface area contributed by atoms with Gasteiger partial charge in [0.05, 0.1) is 12.5 Å². The van der Waals surface area contributed by atoms with E-state index in [0.717, 1.165) is 17.0 Å². The molecule has 0 unspecified atom stereocenters. The van der Waals surface area contributed by atoms with Crippen molar-refractivity contribution in [2.75, 3.05) is 0 Å². The number of hydrogen-bond acceptors (Lipinski definition) is 5. The molecule has 22 heavy (non-hydrogen) atoms. The summed E-state index contributed by atoms with van der Waals surface area (Å²) in [5.74, 6) is 1.32. The predicted molar refractivity (Wildman–Crippen MR) is 86.0 cm³/mol. The zero-order valence-electron chi connectivity index (χ0n) is 12.1. The molecule has 0 saturated carbocycles. The SMILES string of the molecule is CC(/C=N\n1c(-c2cc(C)[nH]n2)n[nH]c1=S)=C\c1ccco1. The minimum Gasteiger partial charge on any atom is -0.465 e. The first-order valence-electron chi connectivity index (χ1n) is 6.59. The van der Waals surface area contributed by atoms with Crippen molar-refractivity contribution in [2.45, 2.75) is 13.8 Å². The molecule has 0 radical (unpaired) electrons. The summed E-state index contributed by atoms with van der Waals surface area (Å²) in [7, 11) is 0. The second kappa shape index (κ2) is 5.94. The number of aromatic amines is 2. The minimum absolute atomic E-state index is 0.401. The van der Waals surface area contributed by atoms with Crippen LogP contribution in [0.15, 0.2) is 39.6 Å². The van der Waals surface area contributed by atoms with E-state index in [1.54, 1.807) is 12.5 Å². The molecule has 0 aliphatic carbocycles. The van der Waals surface area contributed by atoms with Crippen molar-refractivity contribution in [1.29, 1.82) is 0 Å². The van der Waals surface area contributed by atoms with Crippen LogP contribution in [0, 0.1) is 11.7 Å². The maximum absolute atomic E-state index is 5.26. The zero-order chi connectivity index (χ0) is 15.5. The van der Waals surface area contributed by atoms with Gasteiger partial charge in [-0.25, -0.2) is 5.10 Å². The van der Waals surface area contributed by atoms with Crippen LogP contribution in [0.2, 0.25) is 0 Å². The second-order valence-electron chi connectivity index (χ2n) is 4.75. The summed E-state index contributed by atoms with van der Waals surface area (Å²) in [4.78, 5) is 0. The van der Waals surface area contributed by atoms with E-state index in [0.29, 0.717) is 16.3 Å². The van der Waals surface area contributed by atoms with E-state index in [1.807, 2.05) is 38.1 Å². The van der Waals surface area contributed by atoms with Crippen molar-refractivity contribution in [3.8, 4) is 11.5 Å². The molecule has 3 heterocycles. The Hall–Kier alpha value is -2.74. The third kappa shape index (κ3) is 2.96. The lowest BCUT2D eigenvalue weighted by atomic mass is 10.3. The topological polar surface area (TPSA) is 87.8 Å². The molecule has 0 amide bonds. The predicted octanol–water partition coefficient (Wildman–Crippen LogP) is 3.17. The molecule has 0 aliphatic rings. The summed E-state index contributed by atoms with van der Waals surface area (Å²) in [5, 5.41) is 18.3. The Labute approximate surface area is 131 Å². The van der Waals surface area contributed by atoms with E-state index < -0.39 is 0 Å². The molecule has 0 spiro atoms. The number of aryl methyl sites for hydroxylation is 1. The third-order valence-electron chi connectivity index (χ3n) is 2.88. The summed E-state index contributed by atoms with van der Waals surface area (Å²) in [6, 6.07) is 5.59. The van der Waals surface area contributed by atoms with Gasteiger partial charge in [-0.3, -0.25) is 5.10 Å². The Bertz CT molecular complexity index is 881. The molecular weight excluding hydrogens is 300 g/mol. The van der Waals surface area contributed by atoms with Gasteiger partial charge in [-0.05, 0) is 55.9 Å². The summed E-state index contributed by atoms with van der Waals surface area (Å²) in [5.41, 5.74) is 2.53. The molecule has 0 aliphatic heterocycles. The van der Waals surface area contributed by atoms with Gasteiger partial charge in [-0.1, -0.05) is 0 Å². The number of allylic oxidation sites excluding steroid dienone is 1. The fourth-order valence-electron chi connectivity index (χ4n) is 1.88. The van der Waals surface area contributed by atoms with Crippen LogP contribution in [0.3, 0.4) is 0 Å². The van der Waals surface area contributed by atoms with Crippen molar-refractivity contribution in [3.05, 3.63) is 46.3 Å². The maximum Gasteiger partial charge on any atom is 0.216 e. The van der Waals surface area contributed by atoms with Crippen LogP contribution < -0.4 is 0 Å². The average molecular weight is 314 g/mol. The molecule has 2 N–H and O–H groups in total. The fourth-order valence-corrected chi connectivity index (χ4v) is 2.06. The van der Waals surface area contributed by atoms with Crippen LogP contribution in [-0.2, 0) is 0 Å². The molecule has 0 atom stereocenters. The number of nitrogens with zero attached hydrogens (tertiary/aromatic N) is 4. The number of aromatic nitrogens is 5. The highest BCUT2D eigenvalue weighted by molar-refractivity contribution is 7.71. The Morgan fingerprint density at radius 3 is 2.95 bits per heavy atom. The summed E-state index contributed by atoms with van der Waals surface area (Å²) in [6.45, 7) is 3.84. The number of rotatable bonds is 4. The molecule has 7 nitrogen and oxygen atoms in total. The highest BCUT2D eigenvalue weighted by Crippen LogP contribution is 2.15. The van der Waals surface area contributed by atoms with Crippen LogP contribution in [-0.4, -0.2) is 31.3 Å². The highest BCUT2D eigenvalue weighted by atomic mass is 32.1.